The largest absolute Gasteiger partial charge is 0.618 e. The molecule has 6 rings (SSSR count). The Balaban J connectivity index is 1.13. The zero-order valence-electron chi connectivity index (χ0n) is 23.2. The third-order valence-corrected chi connectivity index (χ3v) is 11.7. The van der Waals surface area contributed by atoms with E-state index < -0.39 is 5.60 Å². The monoisotopic (exact) mass is 521 g/mol. The molecule has 1 aromatic heterocycles. The molecule has 6 heteroatoms. The van der Waals surface area contributed by atoms with Gasteiger partial charge in [-0.05, 0) is 110 Å². The lowest BCUT2D eigenvalue weighted by atomic mass is 9.44. The van der Waals surface area contributed by atoms with Crippen LogP contribution in [0.3, 0.4) is 0 Å². The van der Waals surface area contributed by atoms with Gasteiger partial charge in [0.15, 0.2) is 12.0 Å². The van der Waals surface area contributed by atoms with Gasteiger partial charge >= 0.3 is 0 Å². The number of carbonyl (C=O) groups is 1. The highest BCUT2D eigenvalue weighted by Gasteiger charge is 2.62. The molecule has 0 aliphatic heterocycles. The fourth-order valence-corrected chi connectivity index (χ4v) is 9.77. The van der Waals surface area contributed by atoms with Crippen LogP contribution < -0.4 is 9.47 Å². The van der Waals surface area contributed by atoms with Crippen LogP contribution in [0.4, 0.5) is 0 Å². The number of ketones is 1. The van der Waals surface area contributed by atoms with E-state index in [4.69, 9.17) is 9.47 Å². The van der Waals surface area contributed by atoms with Gasteiger partial charge in [0, 0.05) is 25.2 Å². The molecule has 4 aliphatic carbocycles. The standard InChI is InChI=1S/C32H43NO5/c1-30-14-15-32(35,20-37-3)18-22(30)6-8-24-25-9-10-27(31(25,2)13-12-26(24)30)29(34)19-38-23-7-11-28-21(17-23)5-4-16-33(28)36/h4-5,7,11,16-17,22,24-27,35H,6,8-10,12-15,18-20H2,1-3H3/t22-,24?,25?,26?,27+,30-,31-,32+/m0/s1. The molecule has 206 valence electrons. The van der Waals surface area contributed by atoms with Crippen LogP contribution in [0, 0.1) is 45.6 Å². The van der Waals surface area contributed by atoms with Crippen LogP contribution in [-0.4, -0.2) is 36.8 Å². The maximum atomic E-state index is 13.6. The van der Waals surface area contributed by atoms with E-state index in [1.807, 2.05) is 12.1 Å². The van der Waals surface area contributed by atoms with Crippen LogP contribution in [0.25, 0.3) is 10.9 Å². The Bertz CT molecular complexity index is 1220. The Hall–Kier alpha value is -2.18. The molecule has 1 aromatic carbocycles. The summed E-state index contributed by atoms with van der Waals surface area (Å²) in [4.78, 5) is 13.6. The minimum Gasteiger partial charge on any atom is -0.618 e. The molecule has 0 amide bonds. The van der Waals surface area contributed by atoms with Gasteiger partial charge in [-0.25, -0.2) is 0 Å². The summed E-state index contributed by atoms with van der Waals surface area (Å²) in [6.07, 6.45) is 11.1. The normalized spacial score (nSPS) is 40.3. The average Bonchev–Trinajstić information content (AvgIpc) is 3.25. The first-order valence-corrected chi connectivity index (χ1v) is 14.7. The predicted molar refractivity (Wildman–Crippen MR) is 145 cm³/mol. The number of hydrogen-bond acceptors (Lipinski definition) is 5. The maximum absolute atomic E-state index is 13.6. The van der Waals surface area contributed by atoms with Crippen molar-refractivity contribution in [2.75, 3.05) is 20.3 Å². The van der Waals surface area contributed by atoms with E-state index in [9.17, 15) is 15.1 Å². The fourth-order valence-electron chi connectivity index (χ4n) is 9.77. The molecule has 4 saturated carbocycles. The molecule has 0 spiro atoms. The molecule has 4 fully saturated rings. The average molecular weight is 522 g/mol. The van der Waals surface area contributed by atoms with Crippen molar-refractivity contribution >= 4 is 16.7 Å². The minimum absolute atomic E-state index is 0.0493. The van der Waals surface area contributed by atoms with Crippen LogP contribution in [0.15, 0.2) is 36.5 Å². The topological polar surface area (TPSA) is 82.7 Å². The van der Waals surface area contributed by atoms with Gasteiger partial charge in [-0.15, -0.1) is 0 Å². The van der Waals surface area contributed by atoms with Crippen molar-refractivity contribution < 1.29 is 24.1 Å². The molecule has 8 atom stereocenters. The van der Waals surface area contributed by atoms with E-state index in [-0.39, 0.29) is 29.1 Å². The lowest BCUT2D eigenvalue weighted by Gasteiger charge is -2.62. The van der Waals surface area contributed by atoms with Crippen LogP contribution in [0.5, 0.6) is 5.75 Å². The van der Waals surface area contributed by atoms with Crippen LogP contribution in [-0.2, 0) is 9.53 Å². The number of aliphatic hydroxyl groups is 1. The van der Waals surface area contributed by atoms with E-state index in [1.54, 1.807) is 25.3 Å². The van der Waals surface area contributed by atoms with Gasteiger partial charge in [0.1, 0.15) is 12.4 Å². The molecular formula is C32H43NO5. The number of benzene rings is 1. The number of hydrogen-bond donors (Lipinski definition) is 1. The van der Waals surface area contributed by atoms with Crippen molar-refractivity contribution in [1.82, 2.24) is 0 Å². The van der Waals surface area contributed by atoms with Gasteiger partial charge in [-0.1, -0.05) is 13.8 Å². The number of Topliss-reactive ketones (excluding diaryl/α,β-unsaturated/α-hetero) is 1. The highest BCUT2D eigenvalue weighted by atomic mass is 16.5. The first-order chi connectivity index (χ1) is 18.2. The summed E-state index contributed by atoms with van der Waals surface area (Å²) < 4.78 is 12.2. The van der Waals surface area contributed by atoms with Crippen LogP contribution in [0.1, 0.15) is 71.6 Å². The van der Waals surface area contributed by atoms with Crippen LogP contribution in [0.2, 0.25) is 0 Å². The lowest BCUT2D eigenvalue weighted by molar-refractivity contribution is -0.577. The molecule has 3 unspecified atom stereocenters. The Kier molecular flexibility index (Phi) is 6.50. The van der Waals surface area contributed by atoms with E-state index in [0.29, 0.717) is 41.5 Å². The van der Waals surface area contributed by atoms with Crippen molar-refractivity contribution in [1.29, 1.82) is 0 Å². The number of rotatable bonds is 6. The zero-order valence-corrected chi connectivity index (χ0v) is 23.2. The summed E-state index contributed by atoms with van der Waals surface area (Å²) in [5, 5.41) is 23.9. The third-order valence-electron chi connectivity index (χ3n) is 11.7. The second-order valence-corrected chi connectivity index (χ2v) is 13.5. The van der Waals surface area contributed by atoms with Gasteiger partial charge < -0.3 is 19.8 Å². The van der Waals surface area contributed by atoms with Gasteiger partial charge in [0.05, 0.1) is 17.6 Å². The number of aromatic nitrogens is 1. The predicted octanol–water partition coefficient (Wildman–Crippen LogP) is 5.46. The van der Waals surface area contributed by atoms with E-state index >= 15 is 0 Å². The zero-order chi connectivity index (χ0) is 26.7. The maximum Gasteiger partial charge on any atom is 0.223 e. The molecule has 1 heterocycles. The molecule has 4 aliphatic rings. The Morgan fingerprint density at radius 1 is 1.05 bits per heavy atom. The summed E-state index contributed by atoms with van der Waals surface area (Å²) in [7, 11) is 1.69. The number of pyridine rings is 1. The van der Waals surface area contributed by atoms with Crippen LogP contribution >= 0.6 is 0 Å². The van der Waals surface area contributed by atoms with Crippen molar-refractivity contribution in [2.24, 2.45) is 40.4 Å². The number of fused-ring (bicyclic) bond motifs is 6. The smallest absolute Gasteiger partial charge is 0.223 e. The quantitative estimate of drug-likeness (QED) is 0.403. The number of ether oxygens (including phenoxy) is 2. The summed E-state index contributed by atoms with van der Waals surface area (Å²) in [5.41, 5.74) is 0.265. The first-order valence-electron chi connectivity index (χ1n) is 14.7. The Morgan fingerprint density at radius 3 is 2.68 bits per heavy atom. The van der Waals surface area contributed by atoms with Crippen molar-refractivity contribution in [3.8, 4) is 5.75 Å². The molecule has 0 bridgehead atoms. The summed E-state index contributed by atoms with van der Waals surface area (Å²) in [6.45, 7) is 5.43. The van der Waals surface area contributed by atoms with E-state index in [1.165, 1.54) is 25.5 Å². The fraction of sp³-hybridized carbons (Fsp3) is 0.688. The molecule has 0 radical (unpaired) electrons. The molecule has 0 saturated heterocycles. The van der Waals surface area contributed by atoms with Gasteiger partial charge in [-0.3, -0.25) is 4.79 Å². The van der Waals surface area contributed by atoms with E-state index in [2.05, 4.69) is 13.8 Å². The van der Waals surface area contributed by atoms with Crippen molar-refractivity contribution in [2.45, 2.75) is 77.2 Å². The van der Waals surface area contributed by atoms with Crippen molar-refractivity contribution in [3.63, 3.8) is 0 Å². The summed E-state index contributed by atoms with van der Waals surface area (Å²) in [5.74, 6) is 3.45. The number of nitrogens with zero attached hydrogens (tertiary/aromatic N) is 1. The third kappa shape index (κ3) is 4.14. The van der Waals surface area contributed by atoms with E-state index in [0.717, 1.165) is 48.6 Å². The molecule has 38 heavy (non-hydrogen) atoms. The second-order valence-electron chi connectivity index (χ2n) is 13.5. The van der Waals surface area contributed by atoms with Gasteiger partial charge in [0.25, 0.3) is 0 Å². The molecular weight excluding hydrogens is 478 g/mol. The molecule has 1 N–H and O–H groups in total. The molecule has 6 nitrogen and oxygen atoms in total. The SMILES string of the molecule is COC[C@@]1(O)CC[C@]2(C)C3CC[C@@]4(C)C(CC[C@@H]4C(=O)COc4ccc5c(ccc[n+]5[O-])c4)C3CC[C@H]2C1. The Labute approximate surface area is 226 Å². The minimum atomic E-state index is -0.666. The number of carbonyl (C=O) groups excluding carboxylic acids is 1. The first kappa shape index (κ1) is 26.1. The highest BCUT2D eigenvalue weighted by molar-refractivity contribution is 5.84. The second kappa shape index (κ2) is 9.48. The lowest BCUT2D eigenvalue weighted by Crippen LogP contribution is -2.57. The number of methoxy groups -OCH3 is 1. The van der Waals surface area contributed by atoms with Gasteiger partial charge in [0.2, 0.25) is 5.52 Å². The van der Waals surface area contributed by atoms with Gasteiger partial charge in [-0.2, -0.15) is 4.73 Å². The summed E-state index contributed by atoms with van der Waals surface area (Å²) in [6, 6.07) is 9.00. The summed E-state index contributed by atoms with van der Waals surface area (Å²) >= 11 is 0. The Morgan fingerprint density at radius 2 is 1.87 bits per heavy atom. The highest BCUT2D eigenvalue weighted by Crippen LogP contribution is 2.68. The molecule has 2 aromatic rings. The van der Waals surface area contributed by atoms with Crippen molar-refractivity contribution in [3.05, 3.63) is 41.7 Å².